The van der Waals surface area contributed by atoms with Crippen LogP contribution in [0.25, 0.3) is 10.8 Å². The van der Waals surface area contributed by atoms with Crippen molar-refractivity contribution in [1.29, 1.82) is 0 Å². The Bertz CT molecular complexity index is 722. The third-order valence-corrected chi connectivity index (χ3v) is 3.50. The van der Waals surface area contributed by atoms with Gasteiger partial charge < -0.3 is 4.18 Å². The van der Waals surface area contributed by atoms with Crippen LogP contribution in [-0.4, -0.2) is 21.7 Å². The van der Waals surface area contributed by atoms with E-state index < -0.39 is 21.5 Å². The maximum absolute atomic E-state index is 11.1. The molecule has 0 saturated carbocycles. The topological polar surface area (TPSA) is 101 Å². The molecule has 1 unspecified atom stereocenters. The number of rotatable bonds is 3. The van der Waals surface area contributed by atoms with E-state index in [1.54, 1.807) is 6.07 Å². The van der Waals surface area contributed by atoms with Gasteiger partial charge in [0.1, 0.15) is 10.6 Å². The van der Waals surface area contributed by atoms with Crippen molar-refractivity contribution in [2.24, 2.45) is 0 Å². The molecule has 18 heavy (non-hydrogen) atoms. The minimum absolute atomic E-state index is 0.121. The first-order chi connectivity index (χ1) is 8.38. The fraction of sp³-hybridized carbons (Fsp3) is 0. The largest absolute Gasteiger partial charge is 0.380 e. The Morgan fingerprint density at radius 2 is 1.89 bits per heavy atom. The summed E-state index contributed by atoms with van der Waals surface area (Å²) in [6, 6.07) is 8.44. The zero-order valence-electron chi connectivity index (χ0n) is 8.81. The summed E-state index contributed by atoms with van der Waals surface area (Å²) in [7, 11) is -4.32. The summed E-state index contributed by atoms with van der Waals surface area (Å²) in [5, 5.41) is 0.768. The van der Waals surface area contributed by atoms with Crippen LogP contribution in [0.5, 0.6) is 5.75 Å². The van der Waals surface area contributed by atoms with Gasteiger partial charge in [0.05, 0.1) is 0 Å². The molecule has 0 fully saturated rings. The molecule has 0 radical (unpaired) electrons. The zero-order valence-corrected chi connectivity index (χ0v) is 10.4. The van der Waals surface area contributed by atoms with E-state index in [1.807, 2.05) is 0 Å². The highest BCUT2D eigenvalue weighted by atomic mass is 32.2. The van der Waals surface area contributed by atoms with Crippen LogP contribution in [0, 0.1) is 0 Å². The second-order valence-corrected chi connectivity index (χ2v) is 5.41. The predicted octanol–water partition coefficient (Wildman–Crippen LogP) is 1.60. The molecule has 2 N–H and O–H groups in total. The Hall–Kier alpha value is -1.48. The quantitative estimate of drug-likeness (QED) is 0.657. The molecule has 0 amide bonds. The average molecular weight is 288 g/mol. The van der Waals surface area contributed by atoms with Gasteiger partial charge in [-0.25, -0.2) is 0 Å². The minimum Gasteiger partial charge on any atom is -0.380 e. The Balaban J connectivity index is 2.64. The zero-order chi connectivity index (χ0) is 13.3. The third kappa shape index (κ3) is 2.67. The van der Waals surface area contributed by atoms with Crippen LogP contribution in [0.4, 0.5) is 0 Å². The van der Waals surface area contributed by atoms with Crippen molar-refractivity contribution in [3.63, 3.8) is 0 Å². The first kappa shape index (κ1) is 13.0. The van der Waals surface area contributed by atoms with Crippen LogP contribution in [0.1, 0.15) is 0 Å². The summed E-state index contributed by atoms with van der Waals surface area (Å²) in [6.45, 7) is 0. The molecule has 0 heterocycles. The van der Waals surface area contributed by atoms with Crippen molar-refractivity contribution >= 4 is 32.3 Å². The van der Waals surface area contributed by atoms with E-state index in [2.05, 4.69) is 4.18 Å². The second kappa shape index (κ2) is 4.65. The summed E-state index contributed by atoms with van der Waals surface area (Å²) in [6.07, 6.45) is 0. The number of benzene rings is 2. The smallest absolute Gasteiger partial charge is 0.357 e. The molecule has 8 heteroatoms. The fourth-order valence-corrected chi connectivity index (χ4v) is 2.57. The lowest BCUT2D eigenvalue weighted by atomic mass is 10.1. The van der Waals surface area contributed by atoms with Crippen LogP contribution in [0.2, 0.25) is 0 Å². The van der Waals surface area contributed by atoms with Gasteiger partial charge in [0, 0.05) is 5.39 Å². The van der Waals surface area contributed by atoms with Gasteiger partial charge in [-0.15, -0.1) is 0 Å². The lowest BCUT2D eigenvalue weighted by Crippen LogP contribution is -2.00. The first-order valence-electron chi connectivity index (χ1n) is 4.67. The third-order valence-electron chi connectivity index (χ3n) is 2.26. The molecule has 0 bridgehead atoms. The maximum Gasteiger partial charge on any atom is 0.357 e. The molecule has 2 aromatic rings. The number of hydrogen-bond donors (Lipinski definition) is 2. The summed E-state index contributed by atoms with van der Waals surface area (Å²) in [5.41, 5.74) is 0. The van der Waals surface area contributed by atoms with E-state index in [9.17, 15) is 12.6 Å². The van der Waals surface area contributed by atoms with Crippen LogP contribution >= 0.6 is 0 Å². The summed E-state index contributed by atoms with van der Waals surface area (Å²) < 4.78 is 55.0. The standard InChI is InChI=1S/C10H8O6S2/c11-17(12)16-8-4-5-9-7(6-8)2-1-3-10(9)18(13,14)15/h1-6H,(H,11,12)(H,13,14,15). The van der Waals surface area contributed by atoms with Crippen LogP contribution in [0.15, 0.2) is 41.3 Å². The van der Waals surface area contributed by atoms with Crippen molar-refractivity contribution in [3.05, 3.63) is 36.4 Å². The van der Waals surface area contributed by atoms with Crippen LogP contribution < -0.4 is 4.18 Å². The Kier molecular flexibility index (Phi) is 3.35. The second-order valence-electron chi connectivity index (χ2n) is 3.41. The highest BCUT2D eigenvalue weighted by Crippen LogP contribution is 2.26. The molecule has 6 nitrogen and oxygen atoms in total. The molecule has 0 saturated heterocycles. The van der Waals surface area contributed by atoms with E-state index >= 15 is 0 Å². The maximum atomic E-state index is 11.1. The van der Waals surface area contributed by atoms with E-state index in [0.29, 0.717) is 10.8 Å². The first-order valence-corrected chi connectivity index (χ1v) is 7.14. The van der Waals surface area contributed by atoms with E-state index in [0.717, 1.165) is 0 Å². The molecule has 0 aliphatic rings. The average Bonchev–Trinajstić information content (AvgIpc) is 2.25. The SMILES string of the molecule is O=S(O)Oc1ccc2c(S(=O)(=O)O)cccc2c1. The highest BCUT2D eigenvalue weighted by Gasteiger charge is 2.13. The van der Waals surface area contributed by atoms with Crippen molar-refractivity contribution in [2.75, 3.05) is 0 Å². The van der Waals surface area contributed by atoms with Gasteiger partial charge in [-0.3, -0.25) is 9.11 Å². The Morgan fingerprint density at radius 1 is 1.17 bits per heavy atom. The van der Waals surface area contributed by atoms with Crippen molar-refractivity contribution in [3.8, 4) is 5.75 Å². The molecule has 0 aromatic heterocycles. The van der Waals surface area contributed by atoms with Gasteiger partial charge in [0.25, 0.3) is 10.1 Å². The van der Waals surface area contributed by atoms with Crippen molar-refractivity contribution in [1.82, 2.24) is 0 Å². The Labute approximate surface area is 105 Å². The van der Waals surface area contributed by atoms with Gasteiger partial charge in [-0.05, 0) is 29.7 Å². The normalized spacial score (nSPS) is 13.4. The summed E-state index contributed by atoms with van der Waals surface area (Å²) in [4.78, 5) is -0.225. The van der Waals surface area contributed by atoms with Crippen LogP contribution in [-0.2, 0) is 21.5 Å². The lowest BCUT2D eigenvalue weighted by Gasteiger charge is -2.05. The number of hydrogen-bond acceptors (Lipinski definition) is 4. The molecular weight excluding hydrogens is 280 g/mol. The Morgan fingerprint density at radius 3 is 2.50 bits per heavy atom. The van der Waals surface area contributed by atoms with Crippen molar-refractivity contribution < 1.29 is 25.9 Å². The van der Waals surface area contributed by atoms with Gasteiger partial charge in [-0.2, -0.15) is 12.6 Å². The lowest BCUT2D eigenvalue weighted by molar-refractivity contribution is 0.458. The van der Waals surface area contributed by atoms with Crippen molar-refractivity contribution in [2.45, 2.75) is 4.90 Å². The van der Waals surface area contributed by atoms with Gasteiger partial charge in [0.15, 0.2) is 0 Å². The molecule has 2 aromatic carbocycles. The fourth-order valence-electron chi connectivity index (χ4n) is 1.59. The van der Waals surface area contributed by atoms with Gasteiger partial charge >= 0.3 is 11.4 Å². The molecule has 0 aliphatic heterocycles. The molecular formula is C10H8O6S2. The summed E-state index contributed by atoms with van der Waals surface area (Å²) >= 11 is -2.45. The van der Waals surface area contributed by atoms with E-state index in [-0.39, 0.29) is 10.6 Å². The molecule has 1 atom stereocenters. The molecule has 0 spiro atoms. The number of fused-ring (bicyclic) bond motifs is 1. The van der Waals surface area contributed by atoms with Crippen LogP contribution in [0.3, 0.4) is 0 Å². The molecule has 2 rings (SSSR count). The predicted molar refractivity (Wildman–Crippen MR) is 65.2 cm³/mol. The molecule has 0 aliphatic carbocycles. The molecule has 96 valence electrons. The van der Waals surface area contributed by atoms with E-state index in [4.69, 9.17) is 9.11 Å². The summed E-state index contributed by atoms with van der Waals surface area (Å²) in [5.74, 6) is 0.121. The van der Waals surface area contributed by atoms with Gasteiger partial charge in [-0.1, -0.05) is 12.1 Å². The monoisotopic (exact) mass is 288 g/mol. The minimum atomic E-state index is -4.32. The highest BCUT2D eigenvalue weighted by molar-refractivity contribution is 7.86. The van der Waals surface area contributed by atoms with Gasteiger partial charge in [0.2, 0.25) is 0 Å². The van der Waals surface area contributed by atoms with E-state index in [1.165, 1.54) is 30.3 Å².